The summed E-state index contributed by atoms with van der Waals surface area (Å²) in [6.45, 7) is 13.8. The van der Waals surface area contributed by atoms with Gasteiger partial charge in [0.2, 0.25) is 0 Å². The van der Waals surface area contributed by atoms with Crippen molar-refractivity contribution in [1.82, 2.24) is 0 Å². The fraction of sp³-hybridized carbons (Fsp3) is 0.378. The third kappa shape index (κ3) is 8.97. The highest BCUT2D eigenvalue weighted by molar-refractivity contribution is 5.86. The van der Waals surface area contributed by atoms with E-state index in [2.05, 4.69) is 112 Å². The molecule has 5 rings (SSSR count). The van der Waals surface area contributed by atoms with E-state index < -0.39 is 0 Å². The van der Waals surface area contributed by atoms with E-state index in [1.54, 1.807) is 0 Å². The van der Waals surface area contributed by atoms with E-state index in [0.29, 0.717) is 26.4 Å². The van der Waals surface area contributed by atoms with E-state index in [1.807, 2.05) is 0 Å². The Morgan fingerprint density at radius 1 is 0.490 bits per heavy atom. The molecule has 0 spiro atoms. The van der Waals surface area contributed by atoms with Crippen molar-refractivity contribution in [2.24, 2.45) is 0 Å². The highest BCUT2D eigenvalue weighted by Crippen LogP contribution is 2.55. The number of benzene rings is 4. The zero-order valence-corrected chi connectivity index (χ0v) is 29.7. The number of unbranched alkanes of at least 4 members (excludes halogenated alkanes) is 6. The molecule has 1 aliphatic carbocycles. The second kappa shape index (κ2) is 18.4. The number of fused-ring (bicyclic) bond motifs is 3. The molecule has 0 unspecified atom stereocenters. The molecule has 0 heterocycles. The van der Waals surface area contributed by atoms with Crippen molar-refractivity contribution in [1.29, 1.82) is 0 Å². The average Bonchev–Trinajstić information content (AvgIpc) is 3.41. The van der Waals surface area contributed by atoms with Crippen molar-refractivity contribution < 1.29 is 18.9 Å². The maximum Gasteiger partial charge on any atom is 0.122 e. The largest absolute Gasteiger partial charge is 0.498 e. The van der Waals surface area contributed by atoms with Crippen LogP contribution in [0.15, 0.2) is 111 Å². The van der Waals surface area contributed by atoms with Gasteiger partial charge in [-0.05, 0) is 93.7 Å². The van der Waals surface area contributed by atoms with Crippen molar-refractivity contribution in [2.75, 3.05) is 26.4 Å². The van der Waals surface area contributed by atoms with Gasteiger partial charge in [0.15, 0.2) is 0 Å². The molecule has 1 aliphatic rings. The van der Waals surface area contributed by atoms with Crippen molar-refractivity contribution in [3.05, 3.63) is 122 Å². The topological polar surface area (TPSA) is 36.9 Å². The summed E-state index contributed by atoms with van der Waals surface area (Å²) in [6, 6.07) is 31.3. The SMILES string of the molecule is C=COCCOc1ccc(-c2ccc3c(c2)C(CCCCCC)(CCCCCC)c2cc(-c4ccc(OCCOC=C)cc4)ccc2-3)cc1. The second-order valence-corrected chi connectivity index (χ2v) is 13.0. The Morgan fingerprint density at radius 2 is 0.898 bits per heavy atom. The van der Waals surface area contributed by atoms with Crippen LogP contribution in [-0.4, -0.2) is 26.4 Å². The zero-order chi connectivity index (χ0) is 34.3. The highest BCUT2D eigenvalue weighted by atomic mass is 16.5. The molecule has 258 valence electrons. The van der Waals surface area contributed by atoms with Gasteiger partial charge in [0.25, 0.3) is 0 Å². The van der Waals surface area contributed by atoms with Crippen LogP contribution in [0.3, 0.4) is 0 Å². The van der Waals surface area contributed by atoms with Gasteiger partial charge in [-0.3, -0.25) is 0 Å². The fourth-order valence-electron chi connectivity index (χ4n) is 7.29. The molecule has 0 aliphatic heterocycles. The van der Waals surface area contributed by atoms with Crippen LogP contribution in [-0.2, 0) is 14.9 Å². The van der Waals surface area contributed by atoms with Crippen LogP contribution in [0.1, 0.15) is 89.2 Å². The molecule has 0 bridgehead atoms. The van der Waals surface area contributed by atoms with Crippen molar-refractivity contribution in [3.63, 3.8) is 0 Å². The molecule has 0 fully saturated rings. The Hall–Kier alpha value is -4.44. The first kappa shape index (κ1) is 35.9. The van der Waals surface area contributed by atoms with E-state index in [9.17, 15) is 0 Å². The monoisotopic (exact) mass is 658 g/mol. The van der Waals surface area contributed by atoms with Crippen LogP contribution in [0.4, 0.5) is 0 Å². The third-order valence-corrected chi connectivity index (χ3v) is 9.83. The van der Waals surface area contributed by atoms with Gasteiger partial charge < -0.3 is 18.9 Å². The summed E-state index contributed by atoms with van der Waals surface area (Å²) in [4.78, 5) is 0. The molecule has 0 atom stereocenters. The smallest absolute Gasteiger partial charge is 0.122 e. The van der Waals surface area contributed by atoms with Crippen molar-refractivity contribution >= 4 is 0 Å². The molecule has 0 amide bonds. The van der Waals surface area contributed by atoms with Gasteiger partial charge in [-0.15, -0.1) is 0 Å². The molecule has 0 radical (unpaired) electrons. The predicted molar refractivity (Wildman–Crippen MR) is 204 cm³/mol. The van der Waals surface area contributed by atoms with Gasteiger partial charge in [-0.25, -0.2) is 0 Å². The van der Waals surface area contributed by atoms with Crippen molar-refractivity contribution in [3.8, 4) is 44.9 Å². The molecule has 4 heteroatoms. The van der Waals surface area contributed by atoms with Gasteiger partial charge >= 0.3 is 0 Å². The van der Waals surface area contributed by atoms with Crippen LogP contribution < -0.4 is 9.47 Å². The summed E-state index contributed by atoms with van der Waals surface area (Å²) >= 11 is 0. The van der Waals surface area contributed by atoms with E-state index in [1.165, 1.54) is 121 Å². The Balaban J connectivity index is 1.50. The second-order valence-electron chi connectivity index (χ2n) is 13.0. The lowest BCUT2D eigenvalue weighted by Crippen LogP contribution is -2.25. The van der Waals surface area contributed by atoms with Gasteiger partial charge in [0, 0.05) is 5.41 Å². The van der Waals surface area contributed by atoms with Crippen LogP contribution in [0.2, 0.25) is 0 Å². The summed E-state index contributed by atoms with van der Waals surface area (Å²) in [5.74, 6) is 1.69. The van der Waals surface area contributed by atoms with Gasteiger partial charge in [-0.1, -0.05) is 127 Å². The predicted octanol–water partition coefficient (Wildman–Crippen LogP) is 12.3. The molecule has 0 saturated carbocycles. The lowest BCUT2D eigenvalue weighted by Gasteiger charge is -2.33. The summed E-state index contributed by atoms with van der Waals surface area (Å²) in [7, 11) is 0. The molecule has 4 aromatic carbocycles. The first-order valence-electron chi connectivity index (χ1n) is 18.3. The zero-order valence-electron chi connectivity index (χ0n) is 29.7. The maximum absolute atomic E-state index is 5.87. The summed E-state index contributed by atoms with van der Waals surface area (Å²) in [5.41, 5.74) is 10.7. The number of ether oxygens (including phenoxy) is 4. The summed E-state index contributed by atoms with van der Waals surface area (Å²) < 4.78 is 22.1. The molecule has 49 heavy (non-hydrogen) atoms. The molecule has 0 aromatic heterocycles. The standard InChI is InChI=1S/C45H54O4/c1-5-9-11-13-27-45(28-14-12-10-6-2)43-33-37(35-15-21-39(22-16-35)48-31-29-46-7-3)19-25-41(43)42-26-20-38(34-44(42)45)36-17-23-40(24-18-36)49-32-30-47-8-4/h7-8,15-26,33-34H,3-6,9-14,27-32H2,1-2H3. The minimum absolute atomic E-state index is 0.0133. The van der Waals surface area contributed by atoms with Gasteiger partial charge in [-0.2, -0.15) is 0 Å². The lowest BCUT2D eigenvalue weighted by atomic mass is 9.70. The van der Waals surface area contributed by atoms with E-state index in [-0.39, 0.29) is 5.41 Å². The highest BCUT2D eigenvalue weighted by Gasteiger charge is 2.42. The van der Waals surface area contributed by atoms with Gasteiger partial charge in [0.1, 0.15) is 37.9 Å². The Bertz CT molecular complexity index is 1500. The number of rotatable bonds is 22. The molecular formula is C45H54O4. The summed E-state index contributed by atoms with van der Waals surface area (Å²) in [6.07, 6.45) is 15.3. The summed E-state index contributed by atoms with van der Waals surface area (Å²) in [5, 5.41) is 0. The van der Waals surface area contributed by atoms with Gasteiger partial charge in [0.05, 0.1) is 12.5 Å². The quantitative estimate of drug-likeness (QED) is 0.0622. The minimum Gasteiger partial charge on any atom is -0.498 e. The minimum atomic E-state index is -0.0133. The number of hydrogen-bond acceptors (Lipinski definition) is 4. The Morgan fingerprint density at radius 3 is 1.29 bits per heavy atom. The molecule has 4 aromatic rings. The first-order valence-corrected chi connectivity index (χ1v) is 18.3. The van der Waals surface area contributed by atoms with E-state index in [4.69, 9.17) is 18.9 Å². The third-order valence-electron chi connectivity index (χ3n) is 9.83. The van der Waals surface area contributed by atoms with Crippen molar-refractivity contribution in [2.45, 2.75) is 83.5 Å². The van der Waals surface area contributed by atoms with Crippen LogP contribution >= 0.6 is 0 Å². The molecular weight excluding hydrogens is 604 g/mol. The van der Waals surface area contributed by atoms with E-state index in [0.717, 1.165) is 11.5 Å². The lowest BCUT2D eigenvalue weighted by molar-refractivity contribution is 0.179. The van der Waals surface area contributed by atoms with E-state index >= 15 is 0 Å². The Labute approximate surface area is 294 Å². The van der Waals surface area contributed by atoms with Crippen LogP contribution in [0.5, 0.6) is 11.5 Å². The first-order chi connectivity index (χ1) is 24.1. The Kier molecular flexibility index (Phi) is 13.4. The maximum atomic E-state index is 5.87. The number of hydrogen-bond donors (Lipinski definition) is 0. The average molecular weight is 659 g/mol. The normalized spacial score (nSPS) is 12.5. The van der Waals surface area contributed by atoms with Crippen LogP contribution in [0, 0.1) is 0 Å². The molecule has 0 saturated heterocycles. The van der Waals surface area contributed by atoms with Crippen LogP contribution in [0.25, 0.3) is 33.4 Å². The molecule has 4 nitrogen and oxygen atoms in total. The molecule has 0 N–H and O–H groups in total. The fourth-order valence-corrected chi connectivity index (χ4v) is 7.29.